The van der Waals surface area contributed by atoms with Crippen LogP contribution in [0.5, 0.6) is 0 Å². The van der Waals surface area contributed by atoms with Crippen LogP contribution < -0.4 is 5.73 Å². The number of nitrogens with zero attached hydrogens (tertiary/aromatic N) is 1. The van der Waals surface area contributed by atoms with Crippen molar-refractivity contribution in [2.45, 2.75) is 45.9 Å². The molecule has 114 valence electrons. The first-order valence-corrected chi connectivity index (χ1v) is 7.50. The molecule has 3 heteroatoms. The third-order valence-electron chi connectivity index (χ3n) is 3.94. The normalized spacial score (nSPS) is 14.8. The van der Waals surface area contributed by atoms with Gasteiger partial charge in [0.1, 0.15) is 0 Å². The summed E-state index contributed by atoms with van der Waals surface area (Å²) < 4.78 is 5.31. The van der Waals surface area contributed by atoms with Gasteiger partial charge in [-0.2, -0.15) is 0 Å². The Bertz CT molecular complexity index is 392. The van der Waals surface area contributed by atoms with E-state index < -0.39 is 0 Å². The first-order chi connectivity index (χ1) is 9.51. The molecule has 0 aliphatic heterocycles. The van der Waals surface area contributed by atoms with Gasteiger partial charge in [-0.05, 0) is 37.4 Å². The van der Waals surface area contributed by atoms with Crippen LogP contribution in [0.25, 0.3) is 0 Å². The molecule has 2 atom stereocenters. The van der Waals surface area contributed by atoms with Gasteiger partial charge in [-0.15, -0.1) is 0 Å². The lowest BCUT2D eigenvalue weighted by atomic mass is 9.96. The van der Waals surface area contributed by atoms with E-state index >= 15 is 0 Å². The number of nitrogens with two attached hydrogens (primary N) is 1. The van der Waals surface area contributed by atoms with Crippen LogP contribution in [0.4, 0.5) is 0 Å². The van der Waals surface area contributed by atoms with Crippen molar-refractivity contribution in [2.75, 3.05) is 20.7 Å². The zero-order valence-electron chi connectivity index (χ0n) is 13.6. The Balaban J connectivity index is 2.94. The van der Waals surface area contributed by atoms with Crippen molar-refractivity contribution in [1.82, 2.24) is 4.90 Å². The lowest BCUT2D eigenvalue weighted by molar-refractivity contribution is 0.159. The molecule has 1 aromatic rings. The molecule has 0 saturated carbocycles. The molecule has 0 radical (unpaired) electrons. The topological polar surface area (TPSA) is 38.5 Å². The summed E-state index contributed by atoms with van der Waals surface area (Å²) in [6.07, 6.45) is 1.18. The fraction of sp³-hybridized carbons (Fsp3) is 0.647. The maximum absolute atomic E-state index is 6.06. The smallest absolute Gasteiger partial charge is 0.0716 e. The van der Waals surface area contributed by atoms with Crippen molar-refractivity contribution >= 4 is 0 Å². The van der Waals surface area contributed by atoms with Crippen molar-refractivity contribution in [1.29, 1.82) is 0 Å². The van der Waals surface area contributed by atoms with Crippen LogP contribution in [0.15, 0.2) is 24.3 Å². The minimum atomic E-state index is 0.245. The Morgan fingerprint density at radius 1 is 1.20 bits per heavy atom. The molecule has 20 heavy (non-hydrogen) atoms. The highest BCUT2D eigenvalue weighted by molar-refractivity contribution is 5.30. The van der Waals surface area contributed by atoms with E-state index in [0.29, 0.717) is 25.1 Å². The predicted octanol–water partition coefficient (Wildman–Crippen LogP) is 3.20. The molecule has 0 heterocycles. The SMILES string of the molecule is COCc1ccccc1C(CN)N(C)C(C)CC(C)C. The number of benzene rings is 1. The van der Waals surface area contributed by atoms with Gasteiger partial charge in [-0.1, -0.05) is 38.1 Å². The minimum Gasteiger partial charge on any atom is -0.380 e. The zero-order chi connectivity index (χ0) is 15.1. The quantitative estimate of drug-likeness (QED) is 0.793. The largest absolute Gasteiger partial charge is 0.380 e. The lowest BCUT2D eigenvalue weighted by Gasteiger charge is -2.34. The van der Waals surface area contributed by atoms with Gasteiger partial charge >= 0.3 is 0 Å². The van der Waals surface area contributed by atoms with E-state index in [0.717, 1.165) is 0 Å². The maximum Gasteiger partial charge on any atom is 0.0716 e. The molecular formula is C17H30N2O. The van der Waals surface area contributed by atoms with Gasteiger partial charge in [0.2, 0.25) is 0 Å². The number of ether oxygens (including phenoxy) is 1. The second-order valence-corrected chi connectivity index (χ2v) is 6.03. The average Bonchev–Trinajstić information content (AvgIpc) is 2.40. The summed E-state index contributed by atoms with van der Waals surface area (Å²) in [5.41, 5.74) is 8.57. The molecular weight excluding hydrogens is 248 g/mol. The highest BCUT2D eigenvalue weighted by Crippen LogP contribution is 2.26. The van der Waals surface area contributed by atoms with Crippen molar-refractivity contribution in [2.24, 2.45) is 11.7 Å². The van der Waals surface area contributed by atoms with E-state index in [-0.39, 0.29) is 6.04 Å². The molecule has 0 aliphatic carbocycles. The summed E-state index contributed by atoms with van der Waals surface area (Å²) in [7, 11) is 3.91. The van der Waals surface area contributed by atoms with E-state index in [1.165, 1.54) is 17.5 Å². The van der Waals surface area contributed by atoms with Crippen LogP contribution in [-0.2, 0) is 11.3 Å². The van der Waals surface area contributed by atoms with Crippen LogP contribution in [0.1, 0.15) is 44.4 Å². The number of hydrogen-bond donors (Lipinski definition) is 1. The molecule has 0 aliphatic rings. The highest BCUT2D eigenvalue weighted by atomic mass is 16.5. The van der Waals surface area contributed by atoms with E-state index in [4.69, 9.17) is 10.5 Å². The Morgan fingerprint density at radius 2 is 1.85 bits per heavy atom. The summed E-state index contributed by atoms with van der Waals surface area (Å²) in [5.74, 6) is 0.695. The standard InChI is InChI=1S/C17H30N2O/c1-13(2)10-14(3)19(4)17(11-18)16-9-7-6-8-15(16)12-20-5/h6-9,13-14,17H,10-12,18H2,1-5H3. The molecule has 0 aromatic heterocycles. The van der Waals surface area contributed by atoms with Crippen LogP contribution in [0.2, 0.25) is 0 Å². The molecule has 0 bridgehead atoms. The van der Waals surface area contributed by atoms with Crippen LogP contribution in [-0.4, -0.2) is 31.6 Å². The predicted molar refractivity (Wildman–Crippen MR) is 85.6 cm³/mol. The third kappa shape index (κ3) is 4.58. The Morgan fingerprint density at radius 3 is 2.40 bits per heavy atom. The van der Waals surface area contributed by atoms with Crippen molar-refractivity contribution in [3.05, 3.63) is 35.4 Å². The number of methoxy groups -OCH3 is 1. The van der Waals surface area contributed by atoms with Crippen LogP contribution in [0.3, 0.4) is 0 Å². The Kier molecular flexibility index (Phi) is 7.20. The van der Waals surface area contributed by atoms with Gasteiger partial charge in [-0.25, -0.2) is 0 Å². The Labute approximate surface area is 124 Å². The average molecular weight is 278 g/mol. The molecule has 0 saturated heterocycles. The minimum absolute atomic E-state index is 0.245. The lowest BCUT2D eigenvalue weighted by Crippen LogP contribution is -2.38. The third-order valence-corrected chi connectivity index (χ3v) is 3.94. The van der Waals surface area contributed by atoms with Crippen molar-refractivity contribution in [3.8, 4) is 0 Å². The van der Waals surface area contributed by atoms with Gasteiger partial charge in [-0.3, -0.25) is 4.90 Å². The summed E-state index contributed by atoms with van der Waals surface area (Å²) >= 11 is 0. The first-order valence-electron chi connectivity index (χ1n) is 7.50. The second kappa shape index (κ2) is 8.40. The first kappa shape index (κ1) is 17.2. The number of likely N-dealkylation sites (N-methyl/N-ethyl adjacent to an activating group) is 1. The second-order valence-electron chi connectivity index (χ2n) is 6.03. The number of hydrogen-bond acceptors (Lipinski definition) is 3. The fourth-order valence-electron chi connectivity index (χ4n) is 2.81. The molecule has 1 rings (SSSR count). The van der Waals surface area contributed by atoms with Gasteiger partial charge in [0.15, 0.2) is 0 Å². The van der Waals surface area contributed by atoms with E-state index in [2.05, 4.69) is 57.0 Å². The Hall–Kier alpha value is -0.900. The van der Waals surface area contributed by atoms with E-state index in [1.54, 1.807) is 7.11 Å². The molecule has 1 aromatic carbocycles. The molecule has 2 unspecified atom stereocenters. The fourth-order valence-corrected chi connectivity index (χ4v) is 2.81. The van der Waals surface area contributed by atoms with Crippen LogP contribution >= 0.6 is 0 Å². The van der Waals surface area contributed by atoms with Crippen molar-refractivity contribution < 1.29 is 4.74 Å². The molecule has 0 spiro atoms. The highest BCUT2D eigenvalue weighted by Gasteiger charge is 2.22. The molecule has 2 N–H and O–H groups in total. The molecule has 3 nitrogen and oxygen atoms in total. The van der Waals surface area contributed by atoms with E-state index in [9.17, 15) is 0 Å². The van der Waals surface area contributed by atoms with Gasteiger partial charge in [0.25, 0.3) is 0 Å². The monoisotopic (exact) mass is 278 g/mol. The summed E-state index contributed by atoms with van der Waals surface area (Å²) in [5, 5.41) is 0. The van der Waals surface area contributed by atoms with Crippen LogP contribution in [0, 0.1) is 5.92 Å². The summed E-state index contributed by atoms with van der Waals surface area (Å²) in [6, 6.07) is 9.20. The summed E-state index contributed by atoms with van der Waals surface area (Å²) in [4.78, 5) is 2.40. The summed E-state index contributed by atoms with van der Waals surface area (Å²) in [6.45, 7) is 8.07. The van der Waals surface area contributed by atoms with Gasteiger partial charge in [0, 0.05) is 25.7 Å². The van der Waals surface area contributed by atoms with Crippen molar-refractivity contribution in [3.63, 3.8) is 0 Å². The zero-order valence-corrected chi connectivity index (χ0v) is 13.6. The van der Waals surface area contributed by atoms with Gasteiger partial charge in [0.05, 0.1) is 6.61 Å². The van der Waals surface area contributed by atoms with Gasteiger partial charge < -0.3 is 10.5 Å². The number of rotatable bonds is 8. The van der Waals surface area contributed by atoms with E-state index in [1.807, 2.05) is 0 Å². The molecule has 0 amide bonds. The maximum atomic E-state index is 6.06. The molecule has 0 fully saturated rings.